The maximum atomic E-state index is 6.82. The van der Waals surface area contributed by atoms with Gasteiger partial charge >= 0.3 is 0 Å². The number of hydrogen-bond acceptors (Lipinski definition) is 10. The fraction of sp³-hybridized carbons (Fsp3) is 0.333. The van der Waals surface area contributed by atoms with Gasteiger partial charge in [0.05, 0.1) is 68.7 Å². The number of thiophene rings is 4. The summed E-state index contributed by atoms with van der Waals surface area (Å²) in [6, 6.07) is 39.0. The summed E-state index contributed by atoms with van der Waals surface area (Å²) in [4.78, 5) is 25.9. The second kappa shape index (κ2) is 29.2. The average Bonchev–Trinajstić information content (AvgIpc) is 4.53. The predicted molar refractivity (Wildman–Crippen MR) is 362 cm³/mol. The molecule has 0 aliphatic carbocycles. The minimum atomic E-state index is 0.652. The molecule has 7 aromatic heterocycles. The maximum absolute atomic E-state index is 6.82. The second-order valence-corrected chi connectivity index (χ2v) is 25.7. The highest BCUT2D eigenvalue weighted by Gasteiger charge is 2.25. The number of benzene rings is 2. The van der Waals surface area contributed by atoms with Crippen molar-refractivity contribution >= 4 is 91.7 Å². The Morgan fingerprint density at radius 2 is 0.702 bits per heavy atom. The van der Waals surface area contributed by atoms with Gasteiger partial charge in [0.2, 0.25) is 0 Å². The van der Waals surface area contributed by atoms with Crippen molar-refractivity contribution in [2.24, 2.45) is 0 Å². The molecule has 2 N–H and O–H groups in total. The standard InChI is InChI=1S/C72H78N4O4S4/c1-5-9-13-23-39-77-51-43-65(81-47-51)71-61(79-41-25-15-11-7-3)45-63(83-71)69-57-35-31-53(73-57)67(49-27-19-17-20-28-49)55-33-37-59(75-55)70(60-38-34-56(76-60)68(50-29-21-18-22-30-50)54-32-36-58(69)74-54)64-46-62(80-42-26-16-12-8-4)72(84-64)66-44-52(48-82-66)78-40-24-14-10-6-2/h17-22,27-38,43-48,73,76H,5-16,23-26,39-42H2,1-4H3. The summed E-state index contributed by atoms with van der Waals surface area (Å²) in [6.45, 7) is 11.7. The summed E-state index contributed by atoms with van der Waals surface area (Å²) in [6.07, 6.45) is 27.1. The second-order valence-electron chi connectivity index (χ2n) is 21.8. The summed E-state index contributed by atoms with van der Waals surface area (Å²) in [5, 5.41) is 4.29. The van der Waals surface area contributed by atoms with E-state index < -0.39 is 0 Å². The first-order valence-corrected chi connectivity index (χ1v) is 34.1. The molecule has 12 heteroatoms. The van der Waals surface area contributed by atoms with Crippen molar-refractivity contribution in [3.05, 3.63) is 143 Å². The highest BCUT2D eigenvalue weighted by Crippen LogP contribution is 2.50. The molecule has 2 aromatic carbocycles. The van der Waals surface area contributed by atoms with Gasteiger partial charge in [0.15, 0.2) is 0 Å². The minimum Gasteiger partial charge on any atom is -0.493 e. The summed E-state index contributed by atoms with van der Waals surface area (Å²) >= 11 is 6.95. The molecule has 8 bridgehead atoms. The Kier molecular flexibility index (Phi) is 20.5. The largest absolute Gasteiger partial charge is 0.493 e. The van der Waals surface area contributed by atoms with Crippen LogP contribution in [0.5, 0.6) is 23.0 Å². The molecule has 0 amide bonds. The fourth-order valence-corrected chi connectivity index (χ4v) is 15.2. The number of hydrogen-bond donors (Lipinski definition) is 2. The molecule has 434 valence electrons. The summed E-state index contributed by atoms with van der Waals surface area (Å²) < 4.78 is 26.3. The van der Waals surface area contributed by atoms with E-state index in [0.717, 1.165) is 182 Å². The Morgan fingerprint density at radius 1 is 0.357 bits per heavy atom. The zero-order chi connectivity index (χ0) is 57.5. The summed E-state index contributed by atoms with van der Waals surface area (Å²) in [5.41, 5.74) is 13.4. The lowest BCUT2D eigenvalue weighted by Crippen LogP contribution is -1.97. The van der Waals surface area contributed by atoms with Crippen molar-refractivity contribution in [1.29, 1.82) is 0 Å². The van der Waals surface area contributed by atoms with Crippen LogP contribution < -0.4 is 18.9 Å². The molecule has 0 unspecified atom stereocenters. The molecule has 0 atom stereocenters. The molecule has 2 aliphatic heterocycles. The van der Waals surface area contributed by atoms with Crippen LogP contribution in [-0.4, -0.2) is 46.4 Å². The molecule has 0 fully saturated rings. The number of rotatable bonds is 30. The zero-order valence-corrected chi connectivity index (χ0v) is 52.4. The lowest BCUT2D eigenvalue weighted by Gasteiger charge is -2.06. The van der Waals surface area contributed by atoms with E-state index in [1.54, 1.807) is 45.3 Å². The van der Waals surface area contributed by atoms with Crippen LogP contribution in [0.2, 0.25) is 0 Å². The first-order chi connectivity index (χ1) is 41.5. The number of aromatic amines is 2. The Morgan fingerprint density at radius 3 is 1.07 bits per heavy atom. The Labute approximate surface area is 512 Å². The molecule has 84 heavy (non-hydrogen) atoms. The molecule has 0 saturated heterocycles. The van der Waals surface area contributed by atoms with Crippen molar-refractivity contribution in [3.8, 4) is 85.6 Å². The lowest BCUT2D eigenvalue weighted by atomic mass is 10.0. The molecule has 0 saturated carbocycles. The number of ether oxygens (including phenoxy) is 4. The third-order valence-corrected chi connectivity index (χ3v) is 19.9. The Hall–Kier alpha value is -6.96. The third kappa shape index (κ3) is 14.1. The molecule has 9 aromatic rings. The van der Waals surface area contributed by atoms with E-state index in [9.17, 15) is 0 Å². The Balaban J connectivity index is 1.11. The number of nitrogens with one attached hydrogen (secondary N) is 2. The third-order valence-electron chi connectivity index (χ3n) is 15.4. The molecule has 0 radical (unpaired) electrons. The fourth-order valence-electron chi connectivity index (χ4n) is 11.0. The summed E-state index contributed by atoms with van der Waals surface area (Å²) in [7, 11) is 0. The van der Waals surface area contributed by atoms with Gasteiger partial charge < -0.3 is 28.9 Å². The maximum Gasteiger partial charge on any atom is 0.139 e. The van der Waals surface area contributed by atoms with Gasteiger partial charge in [0.25, 0.3) is 0 Å². The topological polar surface area (TPSA) is 94.3 Å². The van der Waals surface area contributed by atoms with E-state index in [0.29, 0.717) is 13.2 Å². The van der Waals surface area contributed by atoms with Gasteiger partial charge in [0.1, 0.15) is 23.0 Å². The van der Waals surface area contributed by atoms with Gasteiger partial charge in [0, 0.05) is 64.8 Å². The lowest BCUT2D eigenvalue weighted by molar-refractivity contribution is 0.305. The highest BCUT2D eigenvalue weighted by atomic mass is 32.1. The first kappa shape index (κ1) is 58.8. The van der Waals surface area contributed by atoms with E-state index in [2.05, 4.69) is 182 Å². The van der Waals surface area contributed by atoms with Crippen LogP contribution in [0.1, 0.15) is 153 Å². The van der Waals surface area contributed by atoms with E-state index in [4.69, 9.17) is 28.9 Å². The molecule has 8 nitrogen and oxygen atoms in total. The van der Waals surface area contributed by atoms with Crippen molar-refractivity contribution in [1.82, 2.24) is 19.9 Å². The van der Waals surface area contributed by atoms with Gasteiger partial charge in [-0.15, -0.1) is 45.3 Å². The average molecular weight is 1190 g/mol. The number of nitrogens with zero attached hydrogens (tertiary/aromatic N) is 2. The van der Waals surface area contributed by atoms with E-state index in [1.807, 2.05) is 0 Å². The van der Waals surface area contributed by atoms with Gasteiger partial charge in [-0.3, -0.25) is 0 Å². The van der Waals surface area contributed by atoms with Crippen LogP contribution in [-0.2, 0) is 0 Å². The van der Waals surface area contributed by atoms with Crippen LogP contribution in [0, 0.1) is 0 Å². The predicted octanol–water partition coefficient (Wildman–Crippen LogP) is 22.7. The SMILES string of the molecule is CCCCCCOc1csc(-c2sc(-c3c4nc(c(-c5ccccc5)c5ccc([nH]5)c(-c5cc(OCCCCCC)c(-c6cc(OCCCCCC)cs6)s5)c5nc(c(-c6ccccc6)c6ccc3[nH]6)C=C5)C=C4)cc2OCCCCCC)c1. The smallest absolute Gasteiger partial charge is 0.139 e. The number of fused-ring (bicyclic) bond motifs is 8. The minimum absolute atomic E-state index is 0.652. The normalized spacial score (nSPS) is 12.0. The molecular formula is C72H78N4O4S4. The van der Waals surface area contributed by atoms with Crippen molar-refractivity contribution in [2.75, 3.05) is 26.4 Å². The van der Waals surface area contributed by atoms with Crippen LogP contribution in [0.15, 0.2) is 120 Å². The van der Waals surface area contributed by atoms with Crippen LogP contribution >= 0.6 is 45.3 Å². The van der Waals surface area contributed by atoms with E-state index >= 15 is 0 Å². The van der Waals surface area contributed by atoms with E-state index in [-0.39, 0.29) is 0 Å². The van der Waals surface area contributed by atoms with Gasteiger partial charge in [-0.1, -0.05) is 165 Å². The molecule has 11 rings (SSSR count). The van der Waals surface area contributed by atoms with Gasteiger partial charge in [-0.05, 0) is 110 Å². The van der Waals surface area contributed by atoms with Gasteiger partial charge in [-0.25, -0.2) is 9.97 Å². The molecule has 9 heterocycles. The van der Waals surface area contributed by atoms with Crippen LogP contribution in [0.25, 0.3) is 109 Å². The van der Waals surface area contributed by atoms with Crippen molar-refractivity contribution < 1.29 is 18.9 Å². The molecule has 2 aliphatic rings. The van der Waals surface area contributed by atoms with Gasteiger partial charge in [-0.2, -0.15) is 0 Å². The van der Waals surface area contributed by atoms with Crippen molar-refractivity contribution in [2.45, 2.75) is 130 Å². The number of aromatic nitrogens is 4. The monoisotopic (exact) mass is 1190 g/mol. The van der Waals surface area contributed by atoms with Crippen LogP contribution in [0.4, 0.5) is 0 Å². The molecular weight excluding hydrogens is 1110 g/mol. The summed E-state index contributed by atoms with van der Waals surface area (Å²) in [5.74, 6) is 3.60. The molecule has 0 spiro atoms. The number of unbranched alkanes of at least 4 members (excludes halogenated alkanes) is 12. The highest BCUT2D eigenvalue weighted by molar-refractivity contribution is 7.24. The van der Waals surface area contributed by atoms with Crippen LogP contribution in [0.3, 0.4) is 0 Å². The first-order valence-electron chi connectivity index (χ1n) is 30.7. The number of H-pyrrole nitrogens is 2. The Bertz CT molecular complexity index is 3590. The van der Waals surface area contributed by atoms with E-state index in [1.165, 1.54) is 64.2 Å². The van der Waals surface area contributed by atoms with Crippen molar-refractivity contribution in [3.63, 3.8) is 0 Å². The zero-order valence-electron chi connectivity index (χ0n) is 49.2. The quantitative estimate of drug-likeness (QED) is 0.0436.